The van der Waals surface area contributed by atoms with Gasteiger partial charge in [-0.2, -0.15) is 10.2 Å². The smallest absolute Gasteiger partial charge is 0.255 e. The summed E-state index contributed by atoms with van der Waals surface area (Å²) >= 11 is 0. The van der Waals surface area contributed by atoms with Gasteiger partial charge < -0.3 is 5.32 Å². The first-order valence-electron chi connectivity index (χ1n) is 8.64. The minimum Gasteiger partial charge on any atom is -0.348 e. The Balaban J connectivity index is 1.43. The highest BCUT2D eigenvalue weighted by Gasteiger charge is 2.15. The van der Waals surface area contributed by atoms with Crippen molar-refractivity contribution >= 4 is 5.91 Å². The molecule has 4 aromatic rings. The normalized spacial score (nSPS) is 10.8. The molecule has 28 heavy (non-hydrogen) atoms. The number of aromatic nitrogens is 5. The average Bonchev–Trinajstić information content (AvgIpc) is 3.37. The van der Waals surface area contributed by atoms with Crippen LogP contribution in [0.2, 0.25) is 0 Å². The summed E-state index contributed by atoms with van der Waals surface area (Å²) in [4.78, 5) is 16.5. The summed E-state index contributed by atoms with van der Waals surface area (Å²) in [7, 11) is 0. The minimum atomic E-state index is -0.318. The minimum absolute atomic E-state index is 0.216. The van der Waals surface area contributed by atoms with E-state index in [0.29, 0.717) is 23.5 Å². The lowest BCUT2D eigenvalue weighted by atomic mass is 10.2. The SMILES string of the molecule is Cc1c(C(=O)NCc2ccc(-n3cncn3)cc2)cnn1-c1ccc(F)cc1. The first-order chi connectivity index (χ1) is 13.6. The Bertz CT molecular complexity index is 1080. The first-order valence-corrected chi connectivity index (χ1v) is 8.64. The Hall–Kier alpha value is -3.81. The van der Waals surface area contributed by atoms with Crippen LogP contribution in [0.3, 0.4) is 0 Å². The number of amides is 1. The van der Waals surface area contributed by atoms with Crippen LogP contribution in [-0.2, 0) is 6.54 Å². The van der Waals surface area contributed by atoms with Gasteiger partial charge in [0.15, 0.2) is 0 Å². The molecule has 4 rings (SSSR count). The van der Waals surface area contributed by atoms with Crippen LogP contribution in [0, 0.1) is 12.7 Å². The molecule has 0 bridgehead atoms. The predicted octanol–water partition coefficient (Wildman–Crippen LogP) is 2.83. The molecular weight excluding hydrogens is 359 g/mol. The van der Waals surface area contributed by atoms with Gasteiger partial charge >= 0.3 is 0 Å². The van der Waals surface area contributed by atoms with Gasteiger partial charge in [0.1, 0.15) is 18.5 Å². The van der Waals surface area contributed by atoms with Crippen molar-refractivity contribution in [3.63, 3.8) is 0 Å². The largest absolute Gasteiger partial charge is 0.348 e. The standard InChI is InChI=1S/C20H17FN6O/c1-14-19(11-24-27(14)18-8-4-16(21)5-9-18)20(28)23-10-15-2-6-17(7-3-15)26-13-22-12-25-26/h2-9,11-13H,10H2,1H3,(H,23,28). The van der Waals surface area contributed by atoms with Crippen molar-refractivity contribution in [1.29, 1.82) is 0 Å². The fourth-order valence-electron chi connectivity index (χ4n) is 2.86. The maximum Gasteiger partial charge on any atom is 0.255 e. The number of rotatable bonds is 5. The zero-order chi connectivity index (χ0) is 19.5. The molecule has 0 aliphatic heterocycles. The number of benzene rings is 2. The highest BCUT2D eigenvalue weighted by Crippen LogP contribution is 2.15. The first kappa shape index (κ1) is 17.6. The summed E-state index contributed by atoms with van der Waals surface area (Å²) in [5.41, 5.74) is 3.71. The molecule has 0 unspecified atom stereocenters. The molecule has 7 nitrogen and oxygen atoms in total. The molecule has 2 aromatic carbocycles. The molecule has 0 fully saturated rings. The van der Waals surface area contributed by atoms with Crippen LogP contribution in [0.15, 0.2) is 67.4 Å². The van der Waals surface area contributed by atoms with Crippen molar-refractivity contribution < 1.29 is 9.18 Å². The third kappa shape index (κ3) is 3.52. The van der Waals surface area contributed by atoms with Crippen LogP contribution in [-0.4, -0.2) is 30.5 Å². The number of nitrogens with one attached hydrogen (secondary N) is 1. The lowest BCUT2D eigenvalue weighted by Gasteiger charge is -2.07. The van der Waals surface area contributed by atoms with Crippen molar-refractivity contribution in [3.8, 4) is 11.4 Å². The molecule has 0 saturated carbocycles. The molecule has 1 amide bonds. The van der Waals surface area contributed by atoms with Crippen LogP contribution in [0.4, 0.5) is 4.39 Å². The molecule has 140 valence electrons. The highest BCUT2D eigenvalue weighted by atomic mass is 19.1. The number of carbonyl (C=O) groups is 1. The summed E-state index contributed by atoms with van der Waals surface area (Å²) in [5, 5.41) is 11.2. The molecular formula is C20H17FN6O. The number of nitrogens with zero attached hydrogens (tertiary/aromatic N) is 5. The van der Waals surface area contributed by atoms with Crippen molar-refractivity contribution in [2.75, 3.05) is 0 Å². The van der Waals surface area contributed by atoms with Gasteiger partial charge in [0, 0.05) is 6.54 Å². The number of hydrogen-bond acceptors (Lipinski definition) is 4. The van der Waals surface area contributed by atoms with E-state index in [4.69, 9.17) is 0 Å². The van der Waals surface area contributed by atoms with Gasteiger partial charge in [0.05, 0.1) is 28.8 Å². The molecule has 8 heteroatoms. The maximum absolute atomic E-state index is 13.1. The molecule has 0 aliphatic carbocycles. The van der Waals surface area contributed by atoms with Crippen molar-refractivity contribution in [2.45, 2.75) is 13.5 Å². The van der Waals surface area contributed by atoms with Crippen LogP contribution in [0.5, 0.6) is 0 Å². The van der Waals surface area contributed by atoms with Gasteiger partial charge in [-0.15, -0.1) is 0 Å². The van der Waals surface area contributed by atoms with E-state index in [1.165, 1.54) is 24.7 Å². The number of halogens is 1. The Morgan fingerprint density at radius 3 is 2.43 bits per heavy atom. The third-order valence-corrected chi connectivity index (χ3v) is 4.40. The topological polar surface area (TPSA) is 77.6 Å². The summed E-state index contributed by atoms with van der Waals surface area (Å²) in [6.07, 6.45) is 4.61. The Labute approximate surface area is 160 Å². The molecule has 0 saturated heterocycles. The highest BCUT2D eigenvalue weighted by molar-refractivity contribution is 5.95. The third-order valence-electron chi connectivity index (χ3n) is 4.40. The Kier molecular flexibility index (Phi) is 4.67. The van der Waals surface area contributed by atoms with Crippen molar-refractivity contribution in [3.05, 3.63) is 90.0 Å². The second kappa shape index (κ2) is 7.43. The van der Waals surface area contributed by atoms with Crippen molar-refractivity contribution in [1.82, 2.24) is 29.9 Å². The van der Waals surface area contributed by atoms with Gasteiger partial charge in [-0.3, -0.25) is 4.79 Å². The van der Waals surface area contributed by atoms with Crippen LogP contribution in [0.25, 0.3) is 11.4 Å². The van der Waals surface area contributed by atoms with E-state index in [2.05, 4.69) is 20.5 Å². The van der Waals surface area contributed by atoms with E-state index in [1.807, 2.05) is 24.3 Å². The Morgan fingerprint density at radius 1 is 1.04 bits per heavy atom. The van der Waals surface area contributed by atoms with Gasteiger partial charge in [-0.1, -0.05) is 12.1 Å². The molecule has 0 aliphatic rings. The average molecular weight is 376 g/mol. The summed E-state index contributed by atoms with van der Waals surface area (Å²) in [6.45, 7) is 2.19. The number of hydrogen-bond donors (Lipinski definition) is 1. The van der Waals surface area contributed by atoms with E-state index in [0.717, 1.165) is 11.3 Å². The number of carbonyl (C=O) groups excluding carboxylic acids is 1. The van der Waals surface area contributed by atoms with Gasteiger partial charge in [0.2, 0.25) is 0 Å². The summed E-state index contributed by atoms with van der Waals surface area (Å²) in [5.74, 6) is -0.535. The fourth-order valence-corrected chi connectivity index (χ4v) is 2.86. The zero-order valence-electron chi connectivity index (χ0n) is 15.1. The van der Waals surface area contributed by atoms with E-state index >= 15 is 0 Å². The summed E-state index contributed by atoms with van der Waals surface area (Å²) in [6, 6.07) is 13.6. The van der Waals surface area contributed by atoms with Gasteiger partial charge in [0.25, 0.3) is 5.91 Å². The molecule has 2 heterocycles. The lowest BCUT2D eigenvalue weighted by Crippen LogP contribution is -2.23. The molecule has 0 spiro atoms. The van der Waals surface area contributed by atoms with E-state index < -0.39 is 0 Å². The molecule has 0 atom stereocenters. The monoisotopic (exact) mass is 376 g/mol. The maximum atomic E-state index is 13.1. The second-order valence-electron chi connectivity index (χ2n) is 6.22. The van der Waals surface area contributed by atoms with Crippen LogP contribution in [0.1, 0.15) is 21.6 Å². The van der Waals surface area contributed by atoms with Gasteiger partial charge in [-0.05, 0) is 48.9 Å². The van der Waals surface area contributed by atoms with Gasteiger partial charge in [-0.25, -0.2) is 18.7 Å². The Morgan fingerprint density at radius 2 is 1.75 bits per heavy atom. The zero-order valence-corrected chi connectivity index (χ0v) is 15.1. The van der Waals surface area contributed by atoms with Crippen molar-refractivity contribution in [2.24, 2.45) is 0 Å². The van der Waals surface area contributed by atoms with Crippen LogP contribution < -0.4 is 5.32 Å². The fraction of sp³-hybridized carbons (Fsp3) is 0.100. The van der Waals surface area contributed by atoms with E-state index in [9.17, 15) is 9.18 Å². The quantitative estimate of drug-likeness (QED) is 0.581. The molecule has 2 aromatic heterocycles. The predicted molar refractivity (Wildman–Crippen MR) is 101 cm³/mol. The van der Waals surface area contributed by atoms with E-state index in [1.54, 1.807) is 34.7 Å². The van der Waals surface area contributed by atoms with Crippen LogP contribution >= 0.6 is 0 Å². The molecule has 0 radical (unpaired) electrons. The molecule has 1 N–H and O–H groups in total. The summed E-state index contributed by atoms with van der Waals surface area (Å²) < 4.78 is 16.4. The lowest BCUT2D eigenvalue weighted by molar-refractivity contribution is 0.0950. The van der Waals surface area contributed by atoms with E-state index in [-0.39, 0.29) is 11.7 Å². The second-order valence-corrected chi connectivity index (χ2v) is 6.22.